The molecule has 0 aromatic heterocycles. The zero-order valence-corrected chi connectivity index (χ0v) is 11.6. The van der Waals surface area contributed by atoms with Crippen molar-refractivity contribution in [1.82, 2.24) is 4.90 Å². The number of halogens is 3. The normalized spacial score (nSPS) is 26.8. The Morgan fingerprint density at radius 3 is 2.48 bits per heavy atom. The second-order valence-corrected chi connectivity index (χ2v) is 5.20. The number of aliphatic carboxylic acids is 1. The lowest BCUT2D eigenvalue weighted by molar-refractivity contribution is -0.149. The Morgan fingerprint density at radius 2 is 1.90 bits per heavy atom. The van der Waals surface area contributed by atoms with Gasteiger partial charge in [-0.05, 0) is 25.1 Å². The Morgan fingerprint density at radius 1 is 1.29 bits per heavy atom. The van der Waals surface area contributed by atoms with Gasteiger partial charge in [-0.15, -0.1) is 0 Å². The van der Waals surface area contributed by atoms with Gasteiger partial charge in [0, 0.05) is 25.6 Å². The van der Waals surface area contributed by atoms with Crippen LogP contribution in [0.1, 0.15) is 17.9 Å². The number of carboxylic acid groups (broad SMARTS) is 1. The molecule has 21 heavy (non-hydrogen) atoms. The van der Waals surface area contributed by atoms with Gasteiger partial charge in [-0.3, -0.25) is 9.69 Å². The van der Waals surface area contributed by atoms with Crippen LogP contribution in [0, 0.1) is 23.4 Å². The predicted molar refractivity (Wildman–Crippen MR) is 68.2 cm³/mol. The first-order valence-corrected chi connectivity index (χ1v) is 6.45. The number of carbonyl (C=O) groups is 1. The maximum absolute atomic E-state index is 13.9. The number of benzene rings is 1. The third kappa shape index (κ3) is 3.03. The SMILES string of the molecule is COC1C[C@H](c2cc(F)c(F)cc2F)[C@@H](C(=O)O)CN1C. The van der Waals surface area contributed by atoms with Crippen LogP contribution in [0.25, 0.3) is 0 Å². The van der Waals surface area contributed by atoms with E-state index in [9.17, 15) is 23.1 Å². The molecule has 1 aromatic rings. The van der Waals surface area contributed by atoms with Crippen molar-refractivity contribution >= 4 is 5.97 Å². The average molecular weight is 303 g/mol. The van der Waals surface area contributed by atoms with E-state index in [4.69, 9.17) is 4.74 Å². The third-order valence-electron chi connectivity index (χ3n) is 3.95. The van der Waals surface area contributed by atoms with Crippen LogP contribution in [0.5, 0.6) is 0 Å². The van der Waals surface area contributed by atoms with Crippen LogP contribution in [0.3, 0.4) is 0 Å². The zero-order valence-electron chi connectivity index (χ0n) is 11.6. The summed E-state index contributed by atoms with van der Waals surface area (Å²) in [6.45, 7) is 0.136. The van der Waals surface area contributed by atoms with E-state index < -0.39 is 41.5 Å². The van der Waals surface area contributed by atoms with Crippen LogP contribution >= 0.6 is 0 Å². The fraction of sp³-hybridized carbons (Fsp3) is 0.500. The number of nitrogens with zero attached hydrogens (tertiary/aromatic N) is 1. The molecule has 1 heterocycles. The molecule has 0 amide bonds. The second-order valence-electron chi connectivity index (χ2n) is 5.20. The molecule has 1 aliphatic heterocycles. The van der Waals surface area contributed by atoms with Crippen LogP contribution in [0.4, 0.5) is 13.2 Å². The molecule has 3 atom stereocenters. The van der Waals surface area contributed by atoms with Gasteiger partial charge in [-0.25, -0.2) is 13.2 Å². The van der Waals surface area contributed by atoms with Crippen LogP contribution < -0.4 is 0 Å². The minimum atomic E-state index is -1.29. The lowest BCUT2D eigenvalue weighted by Gasteiger charge is -2.40. The molecule has 0 radical (unpaired) electrons. The summed E-state index contributed by atoms with van der Waals surface area (Å²) in [4.78, 5) is 13.1. The molecule has 7 heteroatoms. The monoisotopic (exact) mass is 303 g/mol. The topological polar surface area (TPSA) is 49.8 Å². The standard InChI is InChI=1S/C14H16F3NO3/c1-18-6-9(14(19)20)7(4-13(18)21-2)8-3-11(16)12(17)5-10(8)15/h3,5,7,9,13H,4,6H2,1-2H3,(H,19,20)/t7-,9+,13?/m1/s1. The second kappa shape index (κ2) is 6.03. The number of piperidine rings is 1. The van der Waals surface area contributed by atoms with Gasteiger partial charge in [0.25, 0.3) is 0 Å². The van der Waals surface area contributed by atoms with Gasteiger partial charge in [0.2, 0.25) is 0 Å². The molecule has 1 fully saturated rings. The summed E-state index contributed by atoms with van der Waals surface area (Å²) in [5, 5.41) is 9.30. The van der Waals surface area contributed by atoms with E-state index >= 15 is 0 Å². The summed E-state index contributed by atoms with van der Waals surface area (Å²) in [5.74, 6) is -6.22. The van der Waals surface area contributed by atoms with Crippen LogP contribution in [-0.4, -0.2) is 42.9 Å². The van der Waals surface area contributed by atoms with Gasteiger partial charge in [0.15, 0.2) is 11.6 Å². The first-order valence-electron chi connectivity index (χ1n) is 6.45. The van der Waals surface area contributed by atoms with Crippen molar-refractivity contribution in [1.29, 1.82) is 0 Å². The summed E-state index contributed by atoms with van der Waals surface area (Å²) >= 11 is 0. The third-order valence-corrected chi connectivity index (χ3v) is 3.95. The largest absolute Gasteiger partial charge is 0.481 e. The highest BCUT2D eigenvalue weighted by Crippen LogP contribution is 2.37. The van der Waals surface area contributed by atoms with Gasteiger partial charge in [-0.2, -0.15) is 0 Å². The molecule has 4 nitrogen and oxygen atoms in total. The Hall–Kier alpha value is -1.60. The highest BCUT2D eigenvalue weighted by molar-refractivity contribution is 5.72. The molecule has 1 N–H and O–H groups in total. The van der Waals surface area contributed by atoms with Crippen molar-refractivity contribution in [3.05, 3.63) is 35.1 Å². The van der Waals surface area contributed by atoms with Crippen molar-refractivity contribution in [2.75, 3.05) is 20.7 Å². The Kier molecular flexibility index (Phi) is 4.53. The van der Waals surface area contributed by atoms with E-state index in [1.807, 2.05) is 0 Å². The number of ether oxygens (including phenoxy) is 1. The van der Waals surface area contributed by atoms with E-state index in [1.165, 1.54) is 7.11 Å². The van der Waals surface area contributed by atoms with E-state index in [0.29, 0.717) is 6.07 Å². The van der Waals surface area contributed by atoms with E-state index in [0.717, 1.165) is 6.07 Å². The summed E-state index contributed by atoms with van der Waals surface area (Å²) in [6, 6.07) is 1.19. The molecule has 0 aliphatic carbocycles. The number of hydrogen-bond donors (Lipinski definition) is 1. The van der Waals surface area contributed by atoms with Crippen LogP contribution in [-0.2, 0) is 9.53 Å². The molecule has 1 unspecified atom stereocenters. The molecule has 1 aromatic carbocycles. The number of carboxylic acids is 1. The first-order chi connectivity index (χ1) is 9.85. The first kappa shape index (κ1) is 15.8. The molecular formula is C14H16F3NO3. The van der Waals surface area contributed by atoms with E-state index in [-0.39, 0.29) is 18.5 Å². The number of likely N-dealkylation sites (tertiary alicyclic amines) is 1. The molecule has 1 aliphatic rings. The maximum Gasteiger partial charge on any atom is 0.308 e. The molecular weight excluding hydrogens is 287 g/mol. The molecule has 0 spiro atoms. The molecule has 1 saturated heterocycles. The summed E-state index contributed by atoms with van der Waals surface area (Å²) < 4.78 is 45.5. The quantitative estimate of drug-likeness (QED) is 0.870. The van der Waals surface area contributed by atoms with Gasteiger partial charge in [0.05, 0.1) is 5.92 Å². The average Bonchev–Trinajstić information content (AvgIpc) is 2.42. The van der Waals surface area contributed by atoms with E-state index in [1.54, 1.807) is 11.9 Å². The van der Waals surface area contributed by atoms with Gasteiger partial charge >= 0.3 is 5.97 Å². The van der Waals surface area contributed by atoms with Gasteiger partial charge in [0.1, 0.15) is 12.0 Å². The van der Waals surface area contributed by atoms with Crippen LogP contribution in [0.2, 0.25) is 0 Å². The van der Waals surface area contributed by atoms with E-state index in [2.05, 4.69) is 0 Å². The lowest BCUT2D eigenvalue weighted by atomic mass is 9.79. The van der Waals surface area contributed by atoms with Crippen molar-refractivity contribution in [2.45, 2.75) is 18.6 Å². The Bertz CT molecular complexity index is 553. The fourth-order valence-electron chi connectivity index (χ4n) is 2.81. The molecule has 116 valence electrons. The number of rotatable bonds is 3. The van der Waals surface area contributed by atoms with Crippen molar-refractivity contribution < 1.29 is 27.8 Å². The molecule has 2 rings (SSSR count). The fourth-order valence-corrected chi connectivity index (χ4v) is 2.81. The Labute approximate surface area is 120 Å². The summed E-state index contributed by atoms with van der Waals surface area (Å²) in [6.07, 6.45) is -0.218. The number of methoxy groups -OCH3 is 1. The minimum absolute atomic E-state index is 0.128. The maximum atomic E-state index is 13.9. The number of hydrogen-bond acceptors (Lipinski definition) is 3. The summed E-state index contributed by atoms with van der Waals surface area (Å²) in [7, 11) is 3.16. The molecule has 0 saturated carbocycles. The van der Waals surface area contributed by atoms with Gasteiger partial charge < -0.3 is 9.84 Å². The smallest absolute Gasteiger partial charge is 0.308 e. The van der Waals surface area contributed by atoms with Crippen molar-refractivity contribution in [3.63, 3.8) is 0 Å². The Balaban J connectivity index is 2.42. The lowest BCUT2D eigenvalue weighted by Crippen LogP contribution is -2.47. The summed E-state index contributed by atoms with van der Waals surface area (Å²) in [5.41, 5.74) is -0.128. The molecule has 0 bridgehead atoms. The highest BCUT2D eigenvalue weighted by Gasteiger charge is 2.40. The van der Waals surface area contributed by atoms with Gasteiger partial charge in [-0.1, -0.05) is 0 Å². The highest BCUT2D eigenvalue weighted by atomic mass is 19.2. The zero-order chi connectivity index (χ0) is 15.7. The minimum Gasteiger partial charge on any atom is -0.481 e. The predicted octanol–water partition coefficient (Wildman–Crippen LogP) is 2.20. The van der Waals surface area contributed by atoms with Crippen molar-refractivity contribution in [3.8, 4) is 0 Å². The van der Waals surface area contributed by atoms with Crippen LogP contribution in [0.15, 0.2) is 12.1 Å². The van der Waals surface area contributed by atoms with Crippen molar-refractivity contribution in [2.24, 2.45) is 5.92 Å².